The smallest absolute Gasteiger partial charge is 0.419 e. The summed E-state index contributed by atoms with van der Waals surface area (Å²) < 4.78 is 127. The number of benzene rings is 2. The van der Waals surface area contributed by atoms with E-state index in [2.05, 4.69) is 9.88 Å². The summed E-state index contributed by atoms with van der Waals surface area (Å²) in [6.45, 7) is 3.10. The first-order valence-electron chi connectivity index (χ1n) is 14.7. The van der Waals surface area contributed by atoms with Crippen LogP contribution in [0.25, 0.3) is 0 Å². The van der Waals surface area contributed by atoms with Crippen molar-refractivity contribution in [2.24, 2.45) is 0 Å². The molecule has 2 aliphatic rings. The highest BCUT2D eigenvalue weighted by molar-refractivity contribution is 5.95. The van der Waals surface area contributed by atoms with E-state index in [1.807, 2.05) is 17.0 Å². The van der Waals surface area contributed by atoms with Crippen LogP contribution in [0.2, 0.25) is 0 Å². The Hall–Kier alpha value is -2.98. The lowest BCUT2D eigenvalue weighted by Crippen LogP contribution is -2.57. The van der Waals surface area contributed by atoms with Crippen molar-refractivity contribution in [3.05, 3.63) is 93.8 Å². The highest BCUT2D eigenvalue weighted by atomic mass is 35.5. The maximum atomic E-state index is 13.7. The minimum absolute atomic E-state index is 0. The standard InChI is InChI=1S/C32H31F9N4O2.3ClH/c1-47-28-14-20(4-5-26(28)32(39,40)41)13-25-19-44(10-9-43-8-6-27-21(18-43)3-2-7-42-27)11-12-45(25)29(46)22-15-23(30(33,34)35)17-24(16-22)31(36,37)38;;;/h2-5,7,14-17,25H,6,8-13,18-19H2,1H3;3*1H/t25-;;;/m1.../s1. The van der Waals surface area contributed by atoms with Gasteiger partial charge in [0.1, 0.15) is 5.75 Å². The number of hydrogen-bond acceptors (Lipinski definition) is 5. The van der Waals surface area contributed by atoms with E-state index in [4.69, 9.17) is 4.74 Å². The van der Waals surface area contributed by atoms with E-state index < -0.39 is 58.5 Å². The number of hydrogen-bond donors (Lipinski definition) is 0. The van der Waals surface area contributed by atoms with Gasteiger partial charge in [0.15, 0.2) is 0 Å². The second-order valence-corrected chi connectivity index (χ2v) is 11.6. The summed E-state index contributed by atoms with van der Waals surface area (Å²) in [4.78, 5) is 23.6. The first-order valence-corrected chi connectivity index (χ1v) is 14.7. The second kappa shape index (κ2) is 17.0. The number of methoxy groups -OCH3 is 1. The van der Waals surface area contributed by atoms with Crippen LogP contribution in [0.5, 0.6) is 5.75 Å². The number of alkyl halides is 9. The molecule has 0 spiro atoms. The van der Waals surface area contributed by atoms with Crippen LogP contribution in [-0.2, 0) is 37.9 Å². The number of ether oxygens (including phenoxy) is 1. The first kappa shape index (κ1) is 43.2. The molecule has 3 aromatic rings. The van der Waals surface area contributed by atoms with Crippen molar-refractivity contribution in [2.45, 2.75) is 44.0 Å². The van der Waals surface area contributed by atoms with Gasteiger partial charge in [-0.25, -0.2) is 0 Å². The maximum absolute atomic E-state index is 13.7. The molecular weight excluding hydrogens is 750 g/mol. The molecule has 1 amide bonds. The summed E-state index contributed by atoms with van der Waals surface area (Å²) in [5.74, 6) is -1.49. The Morgan fingerprint density at radius 3 is 2.06 bits per heavy atom. The summed E-state index contributed by atoms with van der Waals surface area (Å²) in [7, 11) is 1.08. The van der Waals surface area contributed by atoms with Crippen molar-refractivity contribution in [3.8, 4) is 5.75 Å². The van der Waals surface area contributed by atoms with Crippen LogP contribution in [0.3, 0.4) is 0 Å². The van der Waals surface area contributed by atoms with Gasteiger partial charge >= 0.3 is 18.5 Å². The highest BCUT2D eigenvalue weighted by Gasteiger charge is 2.40. The Morgan fingerprint density at radius 2 is 1.46 bits per heavy atom. The van der Waals surface area contributed by atoms with Gasteiger partial charge in [-0.2, -0.15) is 39.5 Å². The molecule has 0 aliphatic carbocycles. The van der Waals surface area contributed by atoms with Gasteiger partial charge in [0.05, 0.1) is 23.8 Å². The summed E-state index contributed by atoms with van der Waals surface area (Å²) in [6.07, 6.45) is -12.5. The van der Waals surface area contributed by atoms with Crippen LogP contribution in [0, 0.1) is 0 Å². The van der Waals surface area contributed by atoms with Crippen molar-refractivity contribution in [3.63, 3.8) is 0 Å². The number of amides is 1. The van der Waals surface area contributed by atoms with E-state index in [-0.39, 0.29) is 69.3 Å². The minimum Gasteiger partial charge on any atom is -0.496 e. The zero-order valence-electron chi connectivity index (χ0n) is 26.4. The van der Waals surface area contributed by atoms with Crippen molar-refractivity contribution in [2.75, 3.05) is 46.4 Å². The number of fused-ring (bicyclic) bond motifs is 1. The van der Waals surface area contributed by atoms with Crippen LogP contribution in [-0.4, -0.2) is 78.0 Å². The van der Waals surface area contributed by atoms with Gasteiger partial charge in [0.25, 0.3) is 5.91 Å². The van der Waals surface area contributed by atoms with Gasteiger partial charge in [-0.15, -0.1) is 37.2 Å². The third-order valence-electron chi connectivity index (χ3n) is 8.48. The number of aromatic nitrogens is 1. The molecule has 0 unspecified atom stereocenters. The van der Waals surface area contributed by atoms with Crippen molar-refractivity contribution >= 4 is 43.1 Å². The normalized spacial score (nSPS) is 17.2. The molecule has 1 atom stereocenters. The van der Waals surface area contributed by atoms with Crippen LogP contribution in [0.1, 0.15) is 43.9 Å². The molecule has 0 saturated carbocycles. The average Bonchev–Trinajstić information content (AvgIpc) is 3.01. The number of piperazine rings is 1. The highest BCUT2D eigenvalue weighted by Crippen LogP contribution is 2.38. The molecular formula is C32H34Cl3F9N4O2. The molecule has 0 bridgehead atoms. The third kappa shape index (κ3) is 10.3. The molecule has 0 radical (unpaired) electrons. The van der Waals surface area contributed by atoms with Gasteiger partial charge < -0.3 is 9.64 Å². The molecule has 278 valence electrons. The third-order valence-corrected chi connectivity index (χ3v) is 8.48. The lowest BCUT2D eigenvalue weighted by atomic mass is 9.98. The number of halogens is 12. The van der Waals surface area contributed by atoms with E-state index in [9.17, 15) is 44.3 Å². The molecule has 0 N–H and O–H groups in total. The number of carbonyl (C=O) groups is 1. The molecule has 1 saturated heterocycles. The van der Waals surface area contributed by atoms with E-state index in [0.29, 0.717) is 37.3 Å². The Labute approximate surface area is 301 Å². The Bertz CT molecular complexity index is 1570. The summed E-state index contributed by atoms with van der Waals surface area (Å²) in [5, 5.41) is 0. The summed E-state index contributed by atoms with van der Waals surface area (Å²) in [5.41, 5.74) is -2.53. The molecule has 2 aliphatic heterocycles. The monoisotopic (exact) mass is 782 g/mol. The van der Waals surface area contributed by atoms with Crippen LogP contribution < -0.4 is 4.74 Å². The zero-order valence-corrected chi connectivity index (χ0v) is 28.8. The Morgan fingerprint density at radius 1 is 0.820 bits per heavy atom. The van der Waals surface area contributed by atoms with Crippen molar-refractivity contribution in [1.29, 1.82) is 0 Å². The summed E-state index contributed by atoms with van der Waals surface area (Å²) >= 11 is 0. The fourth-order valence-electron chi connectivity index (χ4n) is 6.08. The van der Waals surface area contributed by atoms with Gasteiger partial charge in [0.2, 0.25) is 0 Å². The largest absolute Gasteiger partial charge is 0.496 e. The SMILES string of the molecule is COc1cc(C[C@@H]2CN(CCN3CCc4ncccc4C3)CCN2C(=O)c2cc(C(F)(F)F)cc(C(F)(F)F)c2)ccc1C(F)(F)F.Cl.Cl.Cl. The molecule has 6 nitrogen and oxygen atoms in total. The molecule has 1 fully saturated rings. The van der Waals surface area contributed by atoms with Gasteiger partial charge in [-0.3, -0.25) is 19.6 Å². The molecule has 2 aromatic carbocycles. The van der Waals surface area contributed by atoms with E-state index >= 15 is 0 Å². The molecule has 1 aromatic heterocycles. The van der Waals surface area contributed by atoms with Crippen LogP contribution >= 0.6 is 37.2 Å². The van der Waals surface area contributed by atoms with Gasteiger partial charge in [0, 0.05) is 75.7 Å². The van der Waals surface area contributed by atoms with Gasteiger partial charge in [-0.1, -0.05) is 12.1 Å². The van der Waals surface area contributed by atoms with E-state index in [1.54, 1.807) is 6.20 Å². The van der Waals surface area contributed by atoms with E-state index in [0.717, 1.165) is 37.4 Å². The van der Waals surface area contributed by atoms with Crippen LogP contribution in [0.15, 0.2) is 54.7 Å². The van der Waals surface area contributed by atoms with Crippen LogP contribution in [0.4, 0.5) is 39.5 Å². The number of rotatable bonds is 7. The molecule has 50 heavy (non-hydrogen) atoms. The molecule has 3 heterocycles. The lowest BCUT2D eigenvalue weighted by Gasteiger charge is -2.42. The molecule has 18 heteroatoms. The first-order chi connectivity index (χ1) is 22.0. The fraction of sp³-hybridized carbons (Fsp3) is 0.438. The number of nitrogens with zero attached hydrogens (tertiary/aromatic N) is 4. The van der Waals surface area contributed by atoms with Crippen molar-refractivity contribution in [1.82, 2.24) is 19.7 Å². The minimum atomic E-state index is -5.14. The fourth-order valence-corrected chi connectivity index (χ4v) is 6.08. The maximum Gasteiger partial charge on any atom is 0.419 e. The average molecular weight is 784 g/mol. The number of carbonyl (C=O) groups excluding carboxylic acids is 1. The summed E-state index contributed by atoms with van der Waals surface area (Å²) in [6, 6.07) is 7.06. The number of pyridine rings is 1. The lowest BCUT2D eigenvalue weighted by molar-refractivity contribution is -0.143. The zero-order chi connectivity index (χ0) is 34.1. The Kier molecular flexibility index (Phi) is 14.7. The predicted molar refractivity (Wildman–Crippen MR) is 174 cm³/mol. The van der Waals surface area contributed by atoms with Crippen molar-refractivity contribution < 1.29 is 49.0 Å². The molecule has 5 rings (SSSR count). The van der Waals surface area contributed by atoms with E-state index in [1.165, 1.54) is 17.0 Å². The second-order valence-electron chi connectivity index (χ2n) is 11.6. The van der Waals surface area contributed by atoms with Gasteiger partial charge in [-0.05, 0) is 53.9 Å². The quantitative estimate of drug-likeness (QED) is 0.229. The topological polar surface area (TPSA) is 48.9 Å². The predicted octanol–water partition coefficient (Wildman–Crippen LogP) is 7.84. The Balaban J connectivity index is 0.00000289.